The third kappa shape index (κ3) is 5.15. The number of hydrogen-bond donors (Lipinski definition) is 2. The molecular weight excluding hydrogens is 412 g/mol. The van der Waals surface area contributed by atoms with E-state index >= 15 is 0 Å². The van der Waals surface area contributed by atoms with Gasteiger partial charge in [0.2, 0.25) is 5.82 Å². The number of ether oxygens (including phenoxy) is 1. The molecule has 3 aromatic rings. The van der Waals surface area contributed by atoms with Gasteiger partial charge in [-0.15, -0.1) is 5.10 Å². The van der Waals surface area contributed by atoms with E-state index in [1.54, 1.807) is 31.4 Å². The molecule has 7 nitrogen and oxygen atoms in total. The number of nitrogens with one attached hydrogen (secondary N) is 1. The molecule has 0 aliphatic carbocycles. The lowest BCUT2D eigenvalue weighted by molar-refractivity contribution is 0.0938. The van der Waals surface area contributed by atoms with E-state index in [1.165, 1.54) is 11.0 Å². The Hall–Kier alpha value is -2.71. The van der Waals surface area contributed by atoms with Gasteiger partial charge in [-0.2, -0.15) is 0 Å². The van der Waals surface area contributed by atoms with Crippen LogP contribution in [-0.4, -0.2) is 32.9 Å². The van der Waals surface area contributed by atoms with Crippen molar-refractivity contribution in [1.82, 2.24) is 20.1 Å². The van der Waals surface area contributed by atoms with Crippen LogP contribution in [0, 0.1) is 0 Å². The first-order valence-electron chi connectivity index (χ1n) is 8.29. The van der Waals surface area contributed by atoms with Crippen LogP contribution in [0.15, 0.2) is 59.3 Å². The lowest BCUT2D eigenvalue weighted by Gasteiger charge is -2.11. The van der Waals surface area contributed by atoms with Crippen molar-refractivity contribution >= 4 is 21.8 Å². The highest BCUT2D eigenvalue weighted by Gasteiger charge is 2.14. The zero-order valence-electron chi connectivity index (χ0n) is 14.7. The molecule has 8 heteroatoms. The monoisotopic (exact) mass is 430 g/mol. The number of carbonyl (C=O) groups is 1. The van der Waals surface area contributed by atoms with Gasteiger partial charge in [-0.05, 0) is 35.4 Å². The van der Waals surface area contributed by atoms with Gasteiger partial charge in [0.25, 0.3) is 5.91 Å². The molecule has 0 radical (unpaired) electrons. The first-order valence-corrected chi connectivity index (χ1v) is 9.08. The molecule has 2 N–H and O–H groups in total. The number of nitrogens with zero attached hydrogens (tertiary/aromatic N) is 3. The van der Waals surface area contributed by atoms with Gasteiger partial charge in [-0.3, -0.25) is 4.79 Å². The summed E-state index contributed by atoms with van der Waals surface area (Å²) in [5.41, 5.74) is 1.69. The third-order valence-corrected chi connectivity index (χ3v) is 4.44. The summed E-state index contributed by atoms with van der Waals surface area (Å²) in [4.78, 5) is 16.2. The summed E-state index contributed by atoms with van der Waals surface area (Å²) >= 11 is 3.40. The topological polar surface area (TPSA) is 89.3 Å². The molecule has 0 aliphatic rings. The molecule has 0 bridgehead atoms. The Morgan fingerprint density at radius 3 is 2.78 bits per heavy atom. The van der Waals surface area contributed by atoms with Gasteiger partial charge < -0.3 is 15.2 Å². The molecule has 2 aromatic carbocycles. The quantitative estimate of drug-likeness (QED) is 0.601. The molecular formula is C19H19BrN4O3. The van der Waals surface area contributed by atoms with E-state index in [4.69, 9.17) is 4.74 Å². The molecule has 140 valence electrons. The highest BCUT2D eigenvalue weighted by Crippen LogP contribution is 2.18. The maximum Gasteiger partial charge on any atom is 0.291 e. The first-order chi connectivity index (χ1) is 13.0. The molecule has 3 rings (SSSR count). The van der Waals surface area contributed by atoms with Crippen molar-refractivity contribution < 1.29 is 14.6 Å². The number of halogens is 1. The van der Waals surface area contributed by atoms with E-state index in [1.807, 2.05) is 24.3 Å². The average molecular weight is 431 g/mol. The number of aromatic nitrogens is 3. The Morgan fingerprint density at radius 1 is 1.30 bits per heavy atom. The summed E-state index contributed by atoms with van der Waals surface area (Å²) in [7, 11) is 1.59. The van der Waals surface area contributed by atoms with E-state index in [2.05, 4.69) is 31.3 Å². The standard InChI is InChI=1S/C19H19BrN4O3/c1-27-16-7-5-14(6-8-16)17(25)11-24-12-22-18(23-24)19(26)21-10-13-3-2-4-15(20)9-13/h2-9,12,17,25H,10-11H2,1H3,(H,21,26)/t17-/m0/s1. The predicted molar refractivity (Wildman–Crippen MR) is 103 cm³/mol. The Balaban J connectivity index is 1.57. The second-order valence-electron chi connectivity index (χ2n) is 5.89. The molecule has 1 atom stereocenters. The molecule has 0 spiro atoms. The molecule has 0 unspecified atom stereocenters. The molecule has 0 fully saturated rings. The van der Waals surface area contributed by atoms with Gasteiger partial charge >= 0.3 is 0 Å². The van der Waals surface area contributed by atoms with Gasteiger partial charge in [0.05, 0.1) is 19.8 Å². The smallest absolute Gasteiger partial charge is 0.291 e. The fourth-order valence-corrected chi connectivity index (χ4v) is 2.95. The largest absolute Gasteiger partial charge is 0.497 e. The van der Waals surface area contributed by atoms with Crippen molar-refractivity contribution in [3.63, 3.8) is 0 Å². The molecule has 1 amide bonds. The molecule has 1 heterocycles. The van der Waals surface area contributed by atoms with Crippen LogP contribution in [0.25, 0.3) is 0 Å². The van der Waals surface area contributed by atoms with Crippen LogP contribution in [0.4, 0.5) is 0 Å². The minimum atomic E-state index is -0.768. The number of rotatable bonds is 7. The van der Waals surface area contributed by atoms with Gasteiger partial charge in [-0.1, -0.05) is 40.2 Å². The Morgan fingerprint density at radius 2 is 2.07 bits per heavy atom. The van der Waals surface area contributed by atoms with E-state index in [0.29, 0.717) is 6.54 Å². The minimum absolute atomic E-state index is 0.0620. The second-order valence-corrected chi connectivity index (χ2v) is 6.81. The van der Waals surface area contributed by atoms with Crippen LogP contribution >= 0.6 is 15.9 Å². The van der Waals surface area contributed by atoms with Crippen LogP contribution in [-0.2, 0) is 13.1 Å². The normalized spacial score (nSPS) is 11.8. The van der Waals surface area contributed by atoms with E-state index in [0.717, 1.165) is 21.3 Å². The zero-order valence-corrected chi connectivity index (χ0v) is 16.3. The molecule has 0 saturated heterocycles. The maximum atomic E-state index is 12.2. The molecule has 0 aliphatic heterocycles. The Bertz CT molecular complexity index is 911. The van der Waals surface area contributed by atoms with E-state index < -0.39 is 6.10 Å². The van der Waals surface area contributed by atoms with Gasteiger partial charge in [0, 0.05) is 11.0 Å². The summed E-state index contributed by atoms with van der Waals surface area (Å²) in [5.74, 6) is 0.413. The molecule has 1 aromatic heterocycles. The van der Waals surface area contributed by atoms with Crippen LogP contribution in [0.2, 0.25) is 0 Å². The maximum absolute atomic E-state index is 12.2. The fourth-order valence-electron chi connectivity index (χ4n) is 2.50. The molecule has 27 heavy (non-hydrogen) atoms. The predicted octanol–water partition coefficient (Wildman–Crippen LogP) is 2.71. The highest BCUT2D eigenvalue weighted by atomic mass is 79.9. The highest BCUT2D eigenvalue weighted by molar-refractivity contribution is 9.10. The van der Waals surface area contributed by atoms with Crippen molar-refractivity contribution in [2.75, 3.05) is 7.11 Å². The van der Waals surface area contributed by atoms with Crippen molar-refractivity contribution in [1.29, 1.82) is 0 Å². The number of benzene rings is 2. The number of carbonyl (C=O) groups excluding carboxylic acids is 1. The van der Waals surface area contributed by atoms with Crippen LogP contribution in [0.3, 0.4) is 0 Å². The number of aliphatic hydroxyl groups excluding tert-OH is 1. The number of hydrogen-bond acceptors (Lipinski definition) is 5. The van der Waals surface area contributed by atoms with Gasteiger partial charge in [0.1, 0.15) is 12.1 Å². The Kier molecular flexibility index (Phi) is 6.20. The lowest BCUT2D eigenvalue weighted by Crippen LogP contribution is -2.24. The number of aliphatic hydroxyl groups is 1. The summed E-state index contributed by atoms with van der Waals surface area (Å²) in [5, 5.41) is 17.2. The summed E-state index contributed by atoms with van der Waals surface area (Å²) in [6.45, 7) is 0.569. The Labute approximate surface area is 165 Å². The van der Waals surface area contributed by atoms with Crippen molar-refractivity contribution in [3.05, 3.63) is 76.3 Å². The van der Waals surface area contributed by atoms with Crippen LogP contribution in [0.1, 0.15) is 27.8 Å². The van der Waals surface area contributed by atoms with Crippen LogP contribution < -0.4 is 10.1 Å². The van der Waals surface area contributed by atoms with E-state index in [9.17, 15) is 9.90 Å². The summed E-state index contributed by atoms with van der Waals surface area (Å²) in [6, 6.07) is 14.8. The fraction of sp³-hybridized carbons (Fsp3) is 0.211. The number of methoxy groups -OCH3 is 1. The summed E-state index contributed by atoms with van der Waals surface area (Å²) in [6.07, 6.45) is 0.663. The first kappa shape index (κ1) is 19.1. The zero-order chi connectivity index (χ0) is 19.2. The van der Waals surface area contributed by atoms with Gasteiger partial charge in [0.15, 0.2) is 0 Å². The minimum Gasteiger partial charge on any atom is -0.497 e. The summed E-state index contributed by atoms with van der Waals surface area (Å²) < 4.78 is 7.50. The third-order valence-electron chi connectivity index (χ3n) is 3.94. The SMILES string of the molecule is COc1ccc([C@@H](O)Cn2cnc(C(=O)NCc3cccc(Br)c3)n2)cc1. The molecule has 0 saturated carbocycles. The van der Waals surface area contributed by atoms with Crippen molar-refractivity contribution in [2.24, 2.45) is 0 Å². The van der Waals surface area contributed by atoms with Crippen molar-refractivity contribution in [3.8, 4) is 5.75 Å². The van der Waals surface area contributed by atoms with Crippen molar-refractivity contribution in [2.45, 2.75) is 19.2 Å². The van der Waals surface area contributed by atoms with Crippen LogP contribution in [0.5, 0.6) is 5.75 Å². The second kappa shape index (κ2) is 8.79. The lowest BCUT2D eigenvalue weighted by atomic mass is 10.1. The average Bonchev–Trinajstić information content (AvgIpc) is 3.15. The van der Waals surface area contributed by atoms with Gasteiger partial charge in [-0.25, -0.2) is 9.67 Å². The number of amides is 1. The van der Waals surface area contributed by atoms with E-state index in [-0.39, 0.29) is 18.3 Å².